The van der Waals surface area contributed by atoms with Crippen LogP contribution >= 0.6 is 0 Å². The molecular weight excluding hydrogens is 350 g/mol. The van der Waals surface area contributed by atoms with Crippen LogP contribution in [0.1, 0.15) is 118 Å². The largest absolute Gasteiger partial charge is 0.198 e. The zero-order valence-electron chi connectivity index (χ0n) is 20.1. The van der Waals surface area contributed by atoms with Crippen LogP contribution in [0, 0.1) is 63.1 Å². The molecule has 4 saturated carbocycles. The highest BCUT2D eigenvalue weighted by Crippen LogP contribution is 2.71. The lowest BCUT2D eigenvalue weighted by molar-refractivity contribution is -0.139. The second-order valence-electron chi connectivity index (χ2n) is 12.8. The summed E-state index contributed by atoms with van der Waals surface area (Å²) in [6.07, 6.45) is 17.8. The van der Waals surface area contributed by atoms with Crippen molar-refractivity contribution in [1.82, 2.24) is 0 Å². The van der Waals surface area contributed by atoms with Gasteiger partial charge in [-0.3, -0.25) is 0 Å². The van der Waals surface area contributed by atoms with Crippen LogP contribution in [0.3, 0.4) is 0 Å². The second kappa shape index (κ2) is 7.88. The van der Waals surface area contributed by atoms with Crippen LogP contribution in [0.5, 0.6) is 0 Å². The fraction of sp³-hybridized carbons (Fsp3) is 0.964. The third-order valence-corrected chi connectivity index (χ3v) is 11.2. The summed E-state index contributed by atoms with van der Waals surface area (Å²) in [6.45, 7) is 12.6. The maximum Gasteiger partial charge on any atom is 0.0695 e. The van der Waals surface area contributed by atoms with E-state index in [9.17, 15) is 5.26 Å². The van der Waals surface area contributed by atoms with E-state index >= 15 is 0 Å². The first-order valence-corrected chi connectivity index (χ1v) is 13.2. The number of hydrogen-bond donors (Lipinski definition) is 0. The Balaban J connectivity index is 1.51. The summed E-state index contributed by atoms with van der Waals surface area (Å²) < 4.78 is 0. The van der Waals surface area contributed by atoms with Crippen LogP contribution in [0.25, 0.3) is 0 Å². The van der Waals surface area contributed by atoms with Gasteiger partial charge in [-0.2, -0.15) is 5.26 Å². The minimum atomic E-state index is 0.00228. The molecule has 0 saturated heterocycles. The Kier molecular flexibility index (Phi) is 5.90. The quantitative estimate of drug-likeness (QED) is 0.457. The lowest BCUT2D eigenvalue weighted by atomic mass is 9.40. The molecule has 0 heterocycles. The molecule has 0 spiro atoms. The van der Waals surface area contributed by atoms with Crippen molar-refractivity contribution in [2.75, 3.05) is 0 Å². The van der Waals surface area contributed by atoms with Crippen molar-refractivity contribution in [2.24, 2.45) is 51.8 Å². The van der Waals surface area contributed by atoms with Crippen molar-refractivity contribution in [3.8, 4) is 6.07 Å². The SMILES string of the molecule is CC(C)CCC[C@@H](C)[C@H]1CC[C@H]2[C@@H]3CC[C@]4(C#N)CCCC[C@]4(C)[C@H]3CC[C@]12C. The Labute approximate surface area is 181 Å². The average molecular weight is 398 g/mol. The smallest absolute Gasteiger partial charge is 0.0695 e. The Morgan fingerprint density at radius 1 is 0.862 bits per heavy atom. The summed E-state index contributed by atoms with van der Waals surface area (Å²) in [5.74, 6) is 5.36. The van der Waals surface area contributed by atoms with Gasteiger partial charge >= 0.3 is 0 Å². The first-order valence-electron chi connectivity index (χ1n) is 13.2. The number of fused-ring (bicyclic) bond motifs is 5. The first-order chi connectivity index (χ1) is 13.8. The van der Waals surface area contributed by atoms with Crippen LogP contribution in [0.15, 0.2) is 0 Å². The Morgan fingerprint density at radius 2 is 1.62 bits per heavy atom. The fourth-order valence-corrected chi connectivity index (χ4v) is 9.55. The molecule has 0 unspecified atom stereocenters. The van der Waals surface area contributed by atoms with E-state index in [4.69, 9.17) is 0 Å². The van der Waals surface area contributed by atoms with Crippen molar-refractivity contribution in [1.29, 1.82) is 5.26 Å². The third kappa shape index (κ3) is 3.31. The van der Waals surface area contributed by atoms with Crippen molar-refractivity contribution < 1.29 is 0 Å². The molecule has 0 bridgehead atoms. The van der Waals surface area contributed by atoms with Gasteiger partial charge < -0.3 is 0 Å². The molecular formula is C28H47N. The van der Waals surface area contributed by atoms with Gasteiger partial charge in [-0.25, -0.2) is 0 Å². The Bertz CT molecular complexity index is 631. The lowest BCUT2D eigenvalue weighted by Gasteiger charge is -2.63. The normalized spacial score (nSPS) is 47.8. The molecule has 0 radical (unpaired) electrons. The molecule has 4 aliphatic carbocycles. The first kappa shape index (κ1) is 21.7. The highest BCUT2D eigenvalue weighted by molar-refractivity contribution is 5.18. The molecule has 0 aromatic heterocycles. The molecule has 8 atom stereocenters. The zero-order chi connectivity index (χ0) is 20.9. The van der Waals surface area contributed by atoms with Gasteiger partial charge in [-0.15, -0.1) is 0 Å². The van der Waals surface area contributed by atoms with E-state index in [1.54, 1.807) is 0 Å². The highest BCUT2D eigenvalue weighted by Gasteiger charge is 2.64. The van der Waals surface area contributed by atoms with Crippen molar-refractivity contribution >= 4 is 0 Å². The van der Waals surface area contributed by atoms with E-state index in [0.29, 0.717) is 10.8 Å². The van der Waals surface area contributed by atoms with Gasteiger partial charge in [0.15, 0.2) is 0 Å². The van der Waals surface area contributed by atoms with Gasteiger partial charge in [0.2, 0.25) is 0 Å². The topological polar surface area (TPSA) is 23.8 Å². The van der Waals surface area contributed by atoms with Gasteiger partial charge in [0.05, 0.1) is 11.5 Å². The van der Waals surface area contributed by atoms with E-state index in [-0.39, 0.29) is 5.41 Å². The molecule has 0 aromatic rings. The second-order valence-corrected chi connectivity index (χ2v) is 12.8. The Hall–Kier alpha value is -0.510. The molecule has 4 fully saturated rings. The predicted octanol–water partition coefficient (Wildman–Crippen LogP) is 8.39. The van der Waals surface area contributed by atoms with Gasteiger partial charge in [-0.05, 0) is 97.7 Å². The molecule has 1 nitrogen and oxygen atoms in total. The predicted molar refractivity (Wildman–Crippen MR) is 122 cm³/mol. The number of nitriles is 1. The van der Waals surface area contributed by atoms with Gasteiger partial charge in [0, 0.05) is 0 Å². The summed E-state index contributed by atoms with van der Waals surface area (Å²) in [7, 11) is 0. The van der Waals surface area contributed by atoms with Crippen LogP contribution < -0.4 is 0 Å². The van der Waals surface area contributed by atoms with Crippen LogP contribution in [-0.4, -0.2) is 0 Å². The van der Waals surface area contributed by atoms with Crippen molar-refractivity contribution in [3.63, 3.8) is 0 Å². The summed E-state index contributed by atoms with van der Waals surface area (Å²) in [5.41, 5.74) is 0.879. The van der Waals surface area contributed by atoms with Gasteiger partial charge in [0.25, 0.3) is 0 Å². The summed E-state index contributed by atoms with van der Waals surface area (Å²) in [5, 5.41) is 10.3. The Morgan fingerprint density at radius 3 is 2.34 bits per heavy atom. The standard InChI is InChI=1S/C28H47N/c1-20(2)9-8-10-21(3)23-11-12-24-22-13-18-28(19-29)16-7-6-15-27(28,5)25(22)14-17-26(23,24)4/h20-25H,6-18H2,1-5H3/t21-,22+,23-,24+,25+,26-,27-,28+/m1/s1. The fourth-order valence-electron chi connectivity index (χ4n) is 9.55. The molecule has 4 rings (SSSR count). The molecule has 4 aliphatic rings. The van der Waals surface area contributed by atoms with Crippen molar-refractivity contribution in [3.05, 3.63) is 0 Å². The minimum Gasteiger partial charge on any atom is -0.198 e. The number of nitrogens with zero attached hydrogens (tertiary/aromatic N) is 1. The van der Waals surface area contributed by atoms with E-state index in [0.717, 1.165) is 35.5 Å². The number of hydrogen-bond acceptors (Lipinski definition) is 1. The zero-order valence-corrected chi connectivity index (χ0v) is 20.1. The van der Waals surface area contributed by atoms with Gasteiger partial charge in [0.1, 0.15) is 0 Å². The molecule has 164 valence electrons. The van der Waals surface area contributed by atoms with Crippen LogP contribution in [-0.2, 0) is 0 Å². The van der Waals surface area contributed by atoms with E-state index in [1.807, 2.05) is 0 Å². The molecule has 0 aromatic carbocycles. The highest BCUT2D eigenvalue weighted by atomic mass is 14.7. The van der Waals surface area contributed by atoms with Crippen LogP contribution in [0.4, 0.5) is 0 Å². The lowest BCUT2D eigenvalue weighted by Crippen LogP contribution is -2.57. The maximum absolute atomic E-state index is 10.3. The summed E-state index contributed by atoms with van der Waals surface area (Å²) in [6, 6.07) is 2.92. The third-order valence-electron chi connectivity index (χ3n) is 11.2. The van der Waals surface area contributed by atoms with E-state index < -0.39 is 0 Å². The van der Waals surface area contributed by atoms with Crippen LogP contribution in [0.2, 0.25) is 0 Å². The molecule has 29 heavy (non-hydrogen) atoms. The molecule has 0 amide bonds. The van der Waals surface area contributed by atoms with E-state index in [1.165, 1.54) is 83.5 Å². The monoisotopic (exact) mass is 397 g/mol. The molecule has 0 aliphatic heterocycles. The molecule has 1 heteroatoms. The summed E-state index contributed by atoms with van der Waals surface area (Å²) in [4.78, 5) is 0. The van der Waals surface area contributed by atoms with Gasteiger partial charge in [-0.1, -0.05) is 66.7 Å². The average Bonchev–Trinajstić information content (AvgIpc) is 3.04. The number of rotatable bonds is 5. The summed E-state index contributed by atoms with van der Waals surface area (Å²) >= 11 is 0. The maximum atomic E-state index is 10.3. The van der Waals surface area contributed by atoms with Crippen molar-refractivity contribution in [2.45, 2.75) is 118 Å². The minimum absolute atomic E-state index is 0.00228. The molecule has 0 N–H and O–H groups in total. The van der Waals surface area contributed by atoms with E-state index in [2.05, 4.69) is 40.7 Å².